The Balaban J connectivity index is 1.64. The van der Waals surface area contributed by atoms with Crippen molar-refractivity contribution in [2.75, 3.05) is 0 Å². The zero-order valence-corrected chi connectivity index (χ0v) is 12.3. The van der Waals surface area contributed by atoms with Crippen LogP contribution in [0, 0.1) is 0 Å². The summed E-state index contributed by atoms with van der Waals surface area (Å²) >= 11 is 1.47. The second-order valence-electron chi connectivity index (χ2n) is 4.75. The Labute approximate surface area is 130 Å². The third-order valence-electron chi connectivity index (χ3n) is 3.10. The van der Waals surface area contributed by atoms with Gasteiger partial charge in [0.15, 0.2) is 0 Å². The van der Waals surface area contributed by atoms with Gasteiger partial charge in [0.05, 0.1) is 0 Å². The van der Waals surface area contributed by atoms with Gasteiger partial charge in [-0.3, -0.25) is 9.59 Å². The van der Waals surface area contributed by atoms with E-state index in [1.165, 1.54) is 16.9 Å². The molecule has 6 nitrogen and oxygen atoms in total. The molecule has 0 spiro atoms. The average Bonchev–Trinajstić information content (AvgIpc) is 3.19. The molecule has 0 atom stereocenters. The molecule has 1 N–H and O–H groups in total. The fourth-order valence-corrected chi connectivity index (χ4v) is 2.95. The number of carbonyl (C=O) groups is 2. The first-order valence-corrected chi connectivity index (χ1v) is 7.51. The number of nitrogens with zero attached hydrogens (tertiary/aromatic N) is 3. The number of aromatic nitrogens is 4. The van der Waals surface area contributed by atoms with Gasteiger partial charge in [-0.15, -0.1) is 21.5 Å². The van der Waals surface area contributed by atoms with Crippen LogP contribution in [-0.4, -0.2) is 32.2 Å². The lowest BCUT2D eigenvalue weighted by Gasteiger charge is -1.97. The number of tetrazole rings is 1. The Bertz CT molecular complexity index is 781. The van der Waals surface area contributed by atoms with Crippen LogP contribution in [0.25, 0.3) is 0 Å². The van der Waals surface area contributed by atoms with E-state index in [0.29, 0.717) is 0 Å². The van der Waals surface area contributed by atoms with Crippen molar-refractivity contribution in [1.29, 1.82) is 0 Å². The summed E-state index contributed by atoms with van der Waals surface area (Å²) in [6.45, 7) is 0. The van der Waals surface area contributed by atoms with Crippen LogP contribution in [0.4, 0.5) is 0 Å². The van der Waals surface area contributed by atoms with Gasteiger partial charge < -0.3 is 0 Å². The van der Waals surface area contributed by atoms with Gasteiger partial charge in [-0.1, -0.05) is 30.3 Å². The molecule has 22 heavy (non-hydrogen) atoms. The number of hydrogen-bond acceptors (Lipinski definition) is 6. The maximum Gasteiger partial charge on any atom is 0.269 e. The highest BCUT2D eigenvalue weighted by Crippen LogP contribution is 2.19. The third-order valence-corrected chi connectivity index (χ3v) is 4.08. The monoisotopic (exact) mass is 312 g/mol. The van der Waals surface area contributed by atoms with Crippen molar-refractivity contribution in [1.82, 2.24) is 20.6 Å². The van der Waals surface area contributed by atoms with Crippen LogP contribution in [0.3, 0.4) is 0 Å². The van der Waals surface area contributed by atoms with Gasteiger partial charge in [0.1, 0.15) is 0 Å². The molecule has 0 aliphatic heterocycles. The first-order chi connectivity index (χ1) is 10.7. The van der Waals surface area contributed by atoms with Crippen molar-refractivity contribution < 1.29 is 9.59 Å². The van der Waals surface area contributed by atoms with E-state index in [1.54, 1.807) is 0 Å². The molecule has 3 aromatic rings. The molecule has 0 bridgehead atoms. The number of H-pyrrole nitrogens is 1. The SMILES string of the molecule is O=C(Cc1cc(Cc2ccccc2)cs1)C(=O)c1nn[nH]n1. The van der Waals surface area contributed by atoms with Crippen molar-refractivity contribution in [2.45, 2.75) is 12.8 Å². The molecule has 7 heteroatoms. The summed E-state index contributed by atoms with van der Waals surface area (Å²) in [6.07, 6.45) is 0.872. The molecular weight excluding hydrogens is 300 g/mol. The number of carbonyl (C=O) groups excluding carboxylic acids is 2. The summed E-state index contributed by atoms with van der Waals surface area (Å²) in [5.41, 5.74) is 2.34. The van der Waals surface area contributed by atoms with Crippen molar-refractivity contribution in [3.63, 3.8) is 0 Å². The summed E-state index contributed by atoms with van der Waals surface area (Å²) in [4.78, 5) is 24.5. The summed E-state index contributed by atoms with van der Waals surface area (Å²) < 4.78 is 0. The molecule has 2 heterocycles. The molecule has 0 saturated carbocycles. The molecule has 0 saturated heterocycles. The van der Waals surface area contributed by atoms with E-state index in [0.717, 1.165) is 16.9 Å². The number of thiophene rings is 1. The summed E-state index contributed by atoms with van der Waals surface area (Å²) in [6, 6.07) is 12.0. The van der Waals surface area contributed by atoms with Gasteiger partial charge in [-0.2, -0.15) is 5.21 Å². The Morgan fingerprint density at radius 1 is 1.14 bits per heavy atom. The molecule has 0 unspecified atom stereocenters. The normalized spacial score (nSPS) is 10.5. The van der Waals surface area contributed by atoms with Gasteiger partial charge >= 0.3 is 0 Å². The standard InChI is InChI=1S/C15H12N4O2S/c20-13(14(21)15-16-18-19-17-15)8-12-7-11(9-22-12)6-10-4-2-1-3-5-10/h1-5,7,9H,6,8H2,(H,16,17,18,19). The van der Waals surface area contributed by atoms with Crippen LogP contribution >= 0.6 is 11.3 Å². The lowest BCUT2D eigenvalue weighted by molar-refractivity contribution is -0.114. The molecule has 3 rings (SSSR count). The molecule has 110 valence electrons. The minimum absolute atomic E-state index is 0.0623. The fraction of sp³-hybridized carbons (Fsp3) is 0.133. The number of nitrogens with one attached hydrogen (secondary N) is 1. The Kier molecular flexibility index (Phi) is 4.15. The molecule has 0 amide bonds. The number of Topliss-reactive ketones (excluding diaryl/α,β-unsaturated/α-hetero) is 2. The maximum absolute atomic E-state index is 11.9. The van der Waals surface area contributed by atoms with E-state index < -0.39 is 11.6 Å². The van der Waals surface area contributed by atoms with E-state index in [4.69, 9.17) is 0 Å². The van der Waals surface area contributed by atoms with Crippen LogP contribution in [-0.2, 0) is 17.6 Å². The van der Waals surface area contributed by atoms with E-state index in [2.05, 4.69) is 32.8 Å². The fourth-order valence-electron chi connectivity index (χ4n) is 2.06. The van der Waals surface area contributed by atoms with Crippen LogP contribution in [0.1, 0.15) is 26.6 Å². The molecule has 0 radical (unpaired) electrons. The Hall–Kier alpha value is -2.67. The van der Waals surface area contributed by atoms with Crippen LogP contribution in [0.2, 0.25) is 0 Å². The Morgan fingerprint density at radius 3 is 2.68 bits per heavy atom. The highest BCUT2D eigenvalue weighted by atomic mass is 32.1. The van der Waals surface area contributed by atoms with Crippen molar-refractivity contribution in [3.05, 3.63) is 63.6 Å². The zero-order chi connectivity index (χ0) is 15.4. The quantitative estimate of drug-likeness (QED) is 0.554. The zero-order valence-electron chi connectivity index (χ0n) is 11.5. The van der Waals surface area contributed by atoms with Gasteiger partial charge in [0.25, 0.3) is 5.78 Å². The number of rotatable bonds is 6. The average molecular weight is 312 g/mol. The number of ketones is 2. The number of hydrogen-bond donors (Lipinski definition) is 1. The maximum atomic E-state index is 11.9. The van der Waals surface area contributed by atoms with E-state index >= 15 is 0 Å². The molecular formula is C15H12N4O2S. The first kappa shape index (κ1) is 14.3. The van der Waals surface area contributed by atoms with Gasteiger partial charge in [-0.05, 0) is 34.2 Å². The highest BCUT2D eigenvalue weighted by molar-refractivity contribution is 7.10. The third kappa shape index (κ3) is 3.32. The van der Waals surface area contributed by atoms with E-state index in [1.807, 2.05) is 29.6 Å². The minimum atomic E-state index is -0.716. The molecule has 0 aliphatic carbocycles. The van der Waals surface area contributed by atoms with Gasteiger partial charge in [-0.25, -0.2) is 0 Å². The molecule has 0 aliphatic rings. The van der Waals surface area contributed by atoms with Gasteiger partial charge in [0.2, 0.25) is 11.6 Å². The van der Waals surface area contributed by atoms with Crippen molar-refractivity contribution in [2.24, 2.45) is 0 Å². The second-order valence-corrected chi connectivity index (χ2v) is 5.74. The smallest absolute Gasteiger partial charge is 0.269 e. The predicted molar refractivity (Wildman–Crippen MR) is 80.8 cm³/mol. The molecule has 1 aromatic carbocycles. The molecule has 0 fully saturated rings. The number of benzene rings is 1. The first-order valence-electron chi connectivity index (χ1n) is 6.63. The van der Waals surface area contributed by atoms with Crippen LogP contribution in [0.15, 0.2) is 41.8 Å². The summed E-state index contributed by atoms with van der Waals surface area (Å²) in [7, 11) is 0. The highest BCUT2D eigenvalue weighted by Gasteiger charge is 2.21. The summed E-state index contributed by atoms with van der Waals surface area (Å²) in [5, 5.41) is 14.5. The van der Waals surface area contributed by atoms with Crippen molar-refractivity contribution >= 4 is 22.9 Å². The topological polar surface area (TPSA) is 88.6 Å². The summed E-state index contributed by atoms with van der Waals surface area (Å²) in [5.74, 6) is -1.44. The van der Waals surface area contributed by atoms with Gasteiger partial charge in [0, 0.05) is 11.3 Å². The lowest BCUT2D eigenvalue weighted by atomic mass is 10.1. The predicted octanol–water partition coefficient (Wildman–Crippen LogP) is 1.85. The lowest BCUT2D eigenvalue weighted by Crippen LogP contribution is -2.17. The van der Waals surface area contributed by atoms with E-state index in [9.17, 15) is 9.59 Å². The largest absolute Gasteiger partial charge is 0.290 e. The molecule has 2 aromatic heterocycles. The van der Waals surface area contributed by atoms with E-state index in [-0.39, 0.29) is 12.2 Å². The minimum Gasteiger partial charge on any atom is -0.290 e. The second kappa shape index (κ2) is 6.40. The number of aromatic amines is 1. The van der Waals surface area contributed by atoms with Crippen molar-refractivity contribution in [3.8, 4) is 0 Å². The van der Waals surface area contributed by atoms with Crippen LogP contribution in [0.5, 0.6) is 0 Å². The van der Waals surface area contributed by atoms with Crippen LogP contribution < -0.4 is 0 Å². The Morgan fingerprint density at radius 2 is 1.95 bits per heavy atom.